The van der Waals surface area contributed by atoms with Crippen LogP contribution in [0, 0.1) is 0 Å². The third kappa shape index (κ3) is 3.41. The van der Waals surface area contributed by atoms with E-state index in [0.717, 1.165) is 25.0 Å². The van der Waals surface area contributed by atoms with Gasteiger partial charge in [0.1, 0.15) is 6.61 Å². The van der Waals surface area contributed by atoms with E-state index < -0.39 is 0 Å². The molecule has 2 atom stereocenters. The highest BCUT2D eigenvalue weighted by Gasteiger charge is 2.16. The summed E-state index contributed by atoms with van der Waals surface area (Å²) in [5.74, 6) is 0.636. The Morgan fingerprint density at radius 3 is 3.18 bits per heavy atom. The van der Waals surface area contributed by atoms with Crippen LogP contribution < -0.4 is 10.5 Å². The molecule has 0 bridgehead atoms. The molecule has 4 nitrogen and oxygen atoms in total. The summed E-state index contributed by atoms with van der Waals surface area (Å²) in [4.78, 5) is 4.23. The van der Waals surface area contributed by atoms with Crippen LogP contribution in [-0.4, -0.2) is 24.3 Å². The van der Waals surface area contributed by atoms with Crippen LogP contribution in [0.2, 0.25) is 0 Å². The van der Waals surface area contributed by atoms with Gasteiger partial charge in [0, 0.05) is 24.4 Å². The van der Waals surface area contributed by atoms with Crippen LogP contribution in [0.1, 0.15) is 37.8 Å². The predicted octanol–water partition coefficient (Wildman–Crippen LogP) is 2.05. The number of ether oxygens (including phenoxy) is 2. The molecule has 2 N–H and O–H groups in total. The van der Waals surface area contributed by atoms with Crippen molar-refractivity contribution < 1.29 is 9.47 Å². The molecule has 1 fully saturated rings. The molecule has 4 heteroatoms. The highest BCUT2D eigenvalue weighted by molar-refractivity contribution is 5.28. The Morgan fingerprint density at radius 2 is 2.47 bits per heavy atom. The zero-order valence-corrected chi connectivity index (χ0v) is 10.3. The van der Waals surface area contributed by atoms with Gasteiger partial charge in [-0.3, -0.25) is 0 Å². The van der Waals surface area contributed by atoms with E-state index in [9.17, 15) is 0 Å². The molecule has 17 heavy (non-hydrogen) atoms. The Bertz CT molecular complexity index is 349. The first kappa shape index (κ1) is 12.3. The highest BCUT2D eigenvalue weighted by Crippen LogP contribution is 2.21. The van der Waals surface area contributed by atoms with E-state index in [1.165, 1.54) is 6.42 Å². The van der Waals surface area contributed by atoms with Crippen LogP contribution in [0.5, 0.6) is 5.88 Å². The molecule has 1 aliphatic heterocycles. The second-order valence-electron chi connectivity index (χ2n) is 4.49. The minimum atomic E-state index is -0.0639. The minimum Gasteiger partial charge on any atom is -0.475 e. The Kier molecular flexibility index (Phi) is 4.34. The first-order valence-corrected chi connectivity index (χ1v) is 6.22. The van der Waals surface area contributed by atoms with Crippen molar-refractivity contribution in [3.05, 3.63) is 23.9 Å². The number of nitrogens with two attached hydrogens (primary N) is 1. The molecule has 2 unspecified atom stereocenters. The van der Waals surface area contributed by atoms with E-state index in [4.69, 9.17) is 15.2 Å². The van der Waals surface area contributed by atoms with Gasteiger partial charge < -0.3 is 15.2 Å². The fourth-order valence-corrected chi connectivity index (χ4v) is 1.98. The Labute approximate surface area is 102 Å². The van der Waals surface area contributed by atoms with Crippen molar-refractivity contribution in [1.29, 1.82) is 0 Å². The standard InChI is InChI=1S/C13H20N2O2/c1-10(14)12-6-4-7-15-13(12)17-9-11-5-2-3-8-16-11/h4,6-7,10-11H,2-3,5,8-9,14H2,1H3. The number of rotatable bonds is 4. The number of hydrogen-bond donors (Lipinski definition) is 1. The second kappa shape index (κ2) is 5.98. The molecule has 0 aliphatic carbocycles. The first-order valence-electron chi connectivity index (χ1n) is 6.22. The van der Waals surface area contributed by atoms with Crippen LogP contribution in [-0.2, 0) is 4.74 Å². The Balaban J connectivity index is 1.93. The average Bonchev–Trinajstić information content (AvgIpc) is 2.38. The third-order valence-corrected chi connectivity index (χ3v) is 2.97. The first-order chi connectivity index (χ1) is 8.27. The maximum absolute atomic E-state index is 5.87. The van der Waals surface area contributed by atoms with E-state index in [0.29, 0.717) is 12.5 Å². The van der Waals surface area contributed by atoms with E-state index in [1.807, 2.05) is 19.1 Å². The van der Waals surface area contributed by atoms with Gasteiger partial charge in [0.2, 0.25) is 5.88 Å². The zero-order valence-electron chi connectivity index (χ0n) is 10.3. The van der Waals surface area contributed by atoms with E-state index >= 15 is 0 Å². The van der Waals surface area contributed by atoms with Crippen molar-refractivity contribution in [1.82, 2.24) is 4.98 Å². The van der Waals surface area contributed by atoms with Crippen molar-refractivity contribution in [2.75, 3.05) is 13.2 Å². The van der Waals surface area contributed by atoms with Gasteiger partial charge in [-0.15, -0.1) is 0 Å². The third-order valence-electron chi connectivity index (χ3n) is 2.97. The molecule has 1 aromatic heterocycles. The molecule has 2 rings (SSSR count). The number of hydrogen-bond acceptors (Lipinski definition) is 4. The molecular formula is C13H20N2O2. The summed E-state index contributed by atoms with van der Waals surface area (Å²) in [6, 6.07) is 3.77. The topological polar surface area (TPSA) is 57.4 Å². The molecule has 0 aromatic carbocycles. The van der Waals surface area contributed by atoms with Crippen molar-refractivity contribution in [2.45, 2.75) is 38.3 Å². The fraction of sp³-hybridized carbons (Fsp3) is 0.615. The van der Waals surface area contributed by atoms with E-state index in [-0.39, 0.29) is 12.1 Å². The van der Waals surface area contributed by atoms with Gasteiger partial charge >= 0.3 is 0 Å². The summed E-state index contributed by atoms with van der Waals surface area (Å²) < 4.78 is 11.3. The van der Waals surface area contributed by atoms with Crippen LogP contribution in [0.3, 0.4) is 0 Å². The summed E-state index contributed by atoms with van der Waals surface area (Å²) in [6.07, 6.45) is 5.37. The maximum atomic E-state index is 5.87. The van der Waals surface area contributed by atoms with Crippen LogP contribution in [0.25, 0.3) is 0 Å². The average molecular weight is 236 g/mol. The van der Waals surface area contributed by atoms with Gasteiger partial charge in [-0.2, -0.15) is 0 Å². The molecule has 1 aliphatic rings. The van der Waals surface area contributed by atoms with Gasteiger partial charge in [-0.05, 0) is 32.3 Å². The molecule has 0 spiro atoms. The molecule has 1 saturated heterocycles. The fourth-order valence-electron chi connectivity index (χ4n) is 1.98. The number of pyridine rings is 1. The van der Waals surface area contributed by atoms with E-state index in [1.54, 1.807) is 6.20 Å². The SMILES string of the molecule is CC(N)c1cccnc1OCC1CCCCO1. The smallest absolute Gasteiger partial charge is 0.218 e. The Morgan fingerprint density at radius 1 is 1.59 bits per heavy atom. The van der Waals surface area contributed by atoms with Crippen molar-refractivity contribution in [2.24, 2.45) is 5.73 Å². The quantitative estimate of drug-likeness (QED) is 0.869. The van der Waals surface area contributed by atoms with Gasteiger partial charge in [-0.1, -0.05) is 6.07 Å². The minimum absolute atomic E-state index is 0.0639. The van der Waals surface area contributed by atoms with Crippen LogP contribution in [0.15, 0.2) is 18.3 Å². The summed E-state index contributed by atoms with van der Waals surface area (Å²) in [5.41, 5.74) is 6.82. The number of nitrogens with zero attached hydrogens (tertiary/aromatic N) is 1. The lowest BCUT2D eigenvalue weighted by atomic mass is 10.1. The molecule has 1 aromatic rings. The number of aromatic nitrogens is 1. The Hall–Kier alpha value is -1.13. The maximum Gasteiger partial charge on any atom is 0.218 e. The lowest BCUT2D eigenvalue weighted by molar-refractivity contribution is -0.0121. The summed E-state index contributed by atoms with van der Waals surface area (Å²) in [6.45, 7) is 3.34. The van der Waals surface area contributed by atoms with Crippen LogP contribution >= 0.6 is 0 Å². The van der Waals surface area contributed by atoms with Crippen molar-refractivity contribution >= 4 is 0 Å². The van der Waals surface area contributed by atoms with Gasteiger partial charge in [-0.25, -0.2) is 4.98 Å². The monoisotopic (exact) mass is 236 g/mol. The summed E-state index contributed by atoms with van der Waals surface area (Å²) in [7, 11) is 0. The molecule has 0 radical (unpaired) electrons. The highest BCUT2D eigenvalue weighted by atomic mass is 16.5. The van der Waals surface area contributed by atoms with Crippen LogP contribution in [0.4, 0.5) is 0 Å². The molecule has 0 amide bonds. The molecule has 0 saturated carbocycles. The summed E-state index contributed by atoms with van der Waals surface area (Å²) >= 11 is 0. The molecule has 2 heterocycles. The zero-order chi connectivity index (χ0) is 12.1. The van der Waals surface area contributed by atoms with Gasteiger partial charge in [0.15, 0.2) is 0 Å². The lowest BCUT2D eigenvalue weighted by Crippen LogP contribution is -2.26. The van der Waals surface area contributed by atoms with E-state index in [2.05, 4.69) is 4.98 Å². The largest absolute Gasteiger partial charge is 0.475 e. The normalized spacial score (nSPS) is 22.1. The van der Waals surface area contributed by atoms with Gasteiger partial charge in [0.05, 0.1) is 6.10 Å². The lowest BCUT2D eigenvalue weighted by Gasteiger charge is -2.23. The molecular weight excluding hydrogens is 216 g/mol. The van der Waals surface area contributed by atoms with Crippen molar-refractivity contribution in [3.8, 4) is 5.88 Å². The predicted molar refractivity (Wildman–Crippen MR) is 65.9 cm³/mol. The second-order valence-corrected chi connectivity index (χ2v) is 4.49. The van der Waals surface area contributed by atoms with Gasteiger partial charge in [0.25, 0.3) is 0 Å². The summed E-state index contributed by atoms with van der Waals surface area (Å²) in [5, 5.41) is 0. The van der Waals surface area contributed by atoms with Crippen molar-refractivity contribution in [3.63, 3.8) is 0 Å². The molecule has 94 valence electrons.